The Kier molecular flexibility index (Phi) is 6.05. The van der Waals surface area contributed by atoms with E-state index in [-0.39, 0.29) is 11.9 Å². The van der Waals surface area contributed by atoms with Crippen molar-refractivity contribution < 1.29 is 9.53 Å². The largest absolute Gasteiger partial charge is 0.494 e. The van der Waals surface area contributed by atoms with Crippen molar-refractivity contribution in [3.05, 3.63) is 24.3 Å². The average molecular weight is 290 g/mol. The molecule has 0 radical (unpaired) electrons. The number of likely N-dealkylation sites (tertiary alicyclic amines) is 1. The van der Waals surface area contributed by atoms with Crippen LogP contribution in [0.15, 0.2) is 24.3 Å². The third-order valence-electron chi connectivity index (χ3n) is 4.00. The van der Waals surface area contributed by atoms with Crippen LogP contribution in [0.2, 0.25) is 0 Å². The number of hydrogen-bond donors (Lipinski definition) is 1. The van der Waals surface area contributed by atoms with Crippen LogP contribution in [0.4, 0.5) is 5.69 Å². The maximum Gasteiger partial charge on any atom is 0.241 e. The summed E-state index contributed by atoms with van der Waals surface area (Å²) in [6, 6.07) is 7.47. The van der Waals surface area contributed by atoms with Crippen LogP contribution >= 0.6 is 0 Å². The zero-order valence-electron chi connectivity index (χ0n) is 13.1. The molecule has 0 spiro atoms. The quantitative estimate of drug-likeness (QED) is 0.904. The molecular formula is C17H26N2O2. The van der Waals surface area contributed by atoms with Gasteiger partial charge in [-0.05, 0) is 64.0 Å². The number of hydrogen-bond acceptors (Lipinski definition) is 3. The molecule has 0 unspecified atom stereocenters. The molecule has 1 aliphatic rings. The summed E-state index contributed by atoms with van der Waals surface area (Å²) in [5.74, 6) is 0.900. The molecule has 21 heavy (non-hydrogen) atoms. The van der Waals surface area contributed by atoms with Gasteiger partial charge in [0.1, 0.15) is 5.75 Å². The summed E-state index contributed by atoms with van der Waals surface area (Å²) < 4.78 is 5.40. The maximum absolute atomic E-state index is 12.4. The summed E-state index contributed by atoms with van der Waals surface area (Å²) in [6.45, 7) is 6.65. The molecule has 1 saturated heterocycles. The Hall–Kier alpha value is -1.55. The van der Waals surface area contributed by atoms with Gasteiger partial charge in [-0.1, -0.05) is 12.8 Å². The third-order valence-corrected chi connectivity index (χ3v) is 4.00. The SMILES string of the molecule is CCOc1ccc(NC(=O)[C@H](C)N2CCCCCC2)cc1. The van der Waals surface area contributed by atoms with E-state index in [1.54, 1.807) is 0 Å². The topological polar surface area (TPSA) is 41.6 Å². The molecule has 0 bridgehead atoms. The molecule has 4 heteroatoms. The Bertz CT molecular complexity index is 437. The first-order valence-electron chi connectivity index (χ1n) is 7.98. The second-order valence-electron chi connectivity index (χ2n) is 5.57. The molecule has 1 heterocycles. The van der Waals surface area contributed by atoms with Crippen LogP contribution in [0.3, 0.4) is 0 Å². The minimum Gasteiger partial charge on any atom is -0.494 e. The Morgan fingerprint density at radius 3 is 2.38 bits per heavy atom. The summed E-state index contributed by atoms with van der Waals surface area (Å²) in [5.41, 5.74) is 0.824. The molecule has 116 valence electrons. The van der Waals surface area contributed by atoms with E-state index in [1.807, 2.05) is 38.1 Å². The standard InChI is InChI=1S/C17H26N2O2/c1-3-21-16-10-8-15(9-11-16)18-17(20)14(2)19-12-6-4-5-7-13-19/h8-11,14H,3-7,12-13H2,1-2H3,(H,18,20)/t14-/m0/s1. The van der Waals surface area contributed by atoms with Crippen molar-refractivity contribution in [1.29, 1.82) is 0 Å². The number of amides is 1. The van der Waals surface area contributed by atoms with E-state index >= 15 is 0 Å². The third kappa shape index (κ3) is 4.74. The zero-order valence-corrected chi connectivity index (χ0v) is 13.1. The Morgan fingerprint density at radius 1 is 1.19 bits per heavy atom. The van der Waals surface area contributed by atoms with E-state index in [4.69, 9.17) is 4.74 Å². The molecule has 1 fully saturated rings. The lowest BCUT2D eigenvalue weighted by Crippen LogP contribution is -2.42. The van der Waals surface area contributed by atoms with Crippen molar-refractivity contribution in [1.82, 2.24) is 4.90 Å². The monoisotopic (exact) mass is 290 g/mol. The van der Waals surface area contributed by atoms with Gasteiger partial charge in [0.25, 0.3) is 0 Å². The van der Waals surface area contributed by atoms with Crippen LogP contribution in [0.1, 0.15) is 39.5 Å². The molecule has 1 aromatic carbocycles. The van der Waals surface area contributed by atoms with Crippen LogP contribution in [-0.2, 0) is 4.79 Å². The molecule has 0 aliphatic carbocycles. The van der Waals surface area contributed by atoms with Crippen LogP contribution in [-0.4, -0.2) is 36.5 Å². The highest BCUT2D eigenvalue weighted by Gasteiger charge is 2.21. The molecule has 1 N–H and O–H groups in total. The lowest BCUT2D eigenvalue weighted by Gasteiger charge is -2.26. The average Bonchev–Trinajstić information content (AvgIpc) is 2.78. The second kappa shape index (κ2) is 8.03. The van der Waals surface area contributed by atoms with Crippen LogP contribution in [0.25, 0.3) is 0 Å². The zero-order chi connectivity index (χ0) is 15.1. The fraction of sp³-hybridized carbons (Fsp3) is 0.588. The van der Waals surface area contributed by atoms with Gasteiger partial charge in [0.15, 0.2) is 0 Å². The Labute approximate surface area is 127 Å². The van der Waals surface area contributed by atoms with Crippen molar-refractivity contribution in [2.24, 2.45) is 0 Å². The first kappa shape index (κ1) is 15.8. The molecular weight excluding hydrogens is 264 g/mol. The fourth-order valence-electron chi connectivity index (χ4n) is 2.70. The van der Waals surface area contributed by atoms with Gasteiger partial charge in [-0.25, -0.2) is 0 Å². The van der Waals surface area contributed by atoms with E-state index in [2.05, 4.69) is 10.2 Å². The number of nitrogens with zero attached hydrogens (tertiary/aromatic N) is 1. The molecule has 0 aromatic heterocycles. The second-order valence-corrected chi connectivity index (χ2v) is 5.57. The van der Waals surface area contributed by atoms with Gasteiger partial charge in [-0.15, -0.1) is 0 Å². The van der Waals surface area contributed by atoms with E-state index < -0.39 is 0 Å². The number of carbonyl (C=O) groups is 1. The summed E-state index contributed by atoms with van der Waals surface area (Å²) in [7, 11) is 0. The highest BCUT2D eigenvalue weighted by Crippen LogP contribution is 2.17. The van der Waals surface area contributed by atoms with E-state index in [1.165, 1.54) is 25.7 Å². The van der Waals surface area contributed by atoms with Crippen molar-refractivity contribution in [3.63, 3.8) is 0 Å². The molecule has 2 rings (SSSR count). The highest BCUT2D eigenvalue weighted by atomic mass is 16.5. The van der Waals surface area contributed by atoms with Crippen LogP contribution < -0.4 is 10.1 Å². The lowest BCUT2D eigenvalue weighted by atomic mass is 10.2. The molecule has 1 aliphatic heterocycles. The van der Waals surface area contributed by atoms with Gasteiger partial charge in [-0.2, -0.15) is 0 Å². The van der Waals surface area contributed by atoms with Crippen molar-refractivity contribution in [3.8, 4) is 5.75 Å². The number of carbonyl (C=O) groups excluding carboxylic acids is 1. The molecule has 1 aromatic rings. The van der Waals surface area contributed by atoms with Crippen molar-refractivity contribution in [2.45, 2.75) is 45.6 Å². The minimum absolute atomic E-state index is 0.0704. The van der Waals surface area contributed by atoms with Crippen molar-refractivity contribution in [2.75, 3.05) is 25.0 Å². The first-order chi connectivity index (χ1) is 10.2. The molecule has 1 amide bonds. The number of benzene rings is 1. The number of nitrogens with one attached hydrogen (secondary N) is 1. The fourth-order valence-corrected chi connectivity index (χ4v) is 2.70. The summed E-state index contributed by atoms with van der Waals surface area (Å²) in [4.78, 5) is 14.6. The Balaban J connectivity index is 1.90. The predicted octanol–water partition coefficient (Wildman–Crippen LogP) is 3.29. The van der Waals surface area contributed by atoms with E-state index in [9.17, 15) is 4.79 Å². The van der Waals surface area contributed by atoms with Gasteiger partial charge in [0.2, 0.25) is 5.91 Å². The van der Waals surface area contributed by atoms with Gasteiger partial charge in [0.05, 0.1) is 12.6 Å². The molecule has 0 saturated carbocycles. The van der Waals surface area contributed by atoms with E-state index in [0.29, 0.717) is 6.61 Å². The van der Waals surface area contributed by atoms with Gasteiger partial charge in [0, 0.05) is 5.69 Å². The number of rotatable bonds is 5. The van der Waals surface area contributed by atoms with Gasteiger partial charge in [-0.3, -0.25) is 9.69 Å². The maximum atomic E-state index is 12.4. The van der Waals surface area contributed by atoms with Crippen LogP contribution in [0.5, 0.6) is 5.75 Å². The van der Waals surface area contributed by atoms with Crippen LogP contribution in [0, 0.1) is 0 Å². The summed E-state index contributed by atoms with van der Waals surface area (Å²) in [6.07, 6.45) is 4.95. The Morgan fingerprint density at radius 2 is 1.81 bits per heavy atom. The number of ether oxygens (including phenoxy) is 1. The normalized spacial score (nSPS) is 17.8. The van der Waals surface area contributed by atoms with Gasteiger partial charge >= 0.3 is 0 Å². The smallest absolute Gasteiger partial charge is 0.241 e. The van der Waals surface area contributed by atoms with Crippen molar-refractivity contribution >= 4 is 11.6 Å². The predicted molar refractivity (Wildman–Crippen MR) is 85.7 cm³/mol. The molecule has 4 nitrogen and oxygen atoms in total. The van der Waals surface area contributed by atoms with Gasteiger partial charge < -0.3 is 10.1 Å². The molecule has 1 atom stereocenters. The minimum atomic E-state index is -0.0744. The summed E-state index contributed by atoms with van der Waals surface area (Å²) in [5, 5.41) is 2.99. The highest BCUT2D eigenvalue weighted by molar-refractivity contribution is 5.94. The van der Waals surface area contributed by atoms with E-state index in [0.717, 1.165) is 24.5 Å². The number of anilines is 1. The first-order valence-corrected chi connectivity index (χ1v) is 7.98. The summed E-state index contributed by atoms with van der Waals surface area (Å²) >= 11 is 0. The lowest BCUT2D eigenvalue weighted by molar-refractivity contribution is -0.120.